The summed E-state index contributed by atoms with van der Waals surface area (Å²) in [6, 6.07) is 5.09. The maximum Gasteiger partial charge on any atom is 0.257 e. The van der Waals surface area contributed by atoms with Crippen LogP contribution in [0.4, 0.5) is 0 Å². The van der Waals surface area contributed by atoms with E-state index in [0.717, 1.165) is 18.4 Å². The van der Waals surface area contributed by atoms with Crippen molar-refractivity contribution in [3.63, 3.8) is 0 Å². The number of carbonyl (C=O) groups excluding carboxylic acids is 1. The van der Waals surface area contributed by atoms with E-state index in [2.05, 4.69) is 0 Å². The lowest BCUT2D eigenvalue weighted by molar-refractivity contribution is 0.0153. The predicted octanol–water partition coefficient (Wildman–Crippen LogP) is 2.56. The molecule has 0 aliphatic carbocycles. The summed E-state index contributed by atoms with van der Waals surface area (Å²) in [4.78, 5) is 14.2. The number of ether oxygens (including phenoxy) is 1. The molecule has 4 nitrogen and oxygen atoms in total. The van der Waals surface area contributed by atoms with Gasteiger partial charge in [-0.3, -0.25) is 4.79 Å². The first-order valence-corrected chi connectivity index (χ1v) is 7.41. The average molecular weight is 298 g/mol. The second-order valence-corrected chi connectivity index (χ2v) is 5.45. The summed E-state index contributed by atoms with van der Waals surface area (Å²) in [7, 11) is 0. The van der Waals surface area contributed by atoms with Crippen molar-refractivity contribution in [2.45, 2.75) is 25.9 Å². The number of alkyl halides is 1. The number of phenolic OH excluding ortho intramolecular Hbond substituents is 1. The van der Waals surface area contributed by atoms with Gasteiger partial charge in [0.2, 0.25) is 0 Å². The molecule has 1 heterocycles. The third kappa shape index (κ3) is 3.64. The van der Waals surface area contributed by atoms with Crippen LogP contribution >= 0.6 is 11.6 Å². The van der Waals surface area contributed by atoms with Crippen molar-refractivity contribution >= 4 is 17.5 Å². The molecular weight excluding hydrogens is 278 g/mol. The van der Waals surface area contributed by atoms with Crippen molar-refractivity contribution in [1.82, 2.24) is 4.90 Å². The van der Waals surface area contributed by atoms with Crippen LogP contribution in [-0.4, -0.2) is 47.6 Å². The number of likely N-dealkylation sites (tertiary alicyclic amines) is 1. The molecule has 1 saturated heterocycles. The van der Waals surface area contributed by atoms with E-state index in [1.54, 1.807) is 23.1 Å². The largest absolute Gasteiger partial charge is 0.507 e. The number of amides is 1. The van der Waals surface area contributed by atoms with Crippen LogP contribution in [0.2, 0.25) is 0 Å². The van der Waals surface area contributed by atoms with Crippen molar-refractivity contribution in [3.05, 3.63) is 29.3 Å². The van der Waals surface area contributed by atoms with Gasteiger partial charge in [-0.05, 0) is 31.9 Å². The van der Waals surface area contributed by atoms with Gasteiger partial charge in [0.1, 0.15) is 5.75 Å². The monoisotopic (exact) mass is 297 g/mol. The Balaban J connectivity index is 1.96. The molecular formula is C15H20ClNO3. The highest BCUT2D eigenvalue weighted by atomic mass is 35.5. The van der Waals surface area contributed by atoms with Crippen LogP contribution in [0.3, 0.4) is 0 Å². The molecule has 1 N–H and O–H groups in total. The van der Waals surface area contributed by atoms with E-state index < -0.39 is 0 Å². The molecule has 5 heteroatoms. The highest BCUT2D eigenvalue weighted by Gasteiger charge is 2.25. The van der Waals surface area contributed by atoms with E-state index in [0.29, 0.717) is 31.1 Å². The number of piperidine rings is 1. The summed E-state index contributed by atoms with van der Waals surface area (Å²) >= 11 is 5.59. The Bertz CT molecular complexity index is 470. The number of aryl methyl sites for hydroxylation is 1. The smallest absolute Gasteiger partial charge is 0.257 e. The average Bonchev–Trinajstić information content (AvgIpc) is 2.47. The van der Waals surface area contributed by atoms with Gasteiger partial charge in [-0.1, -0.05) is 11.6 Å². The summed E-state index contributed by atoms with van der Waals surface area (Å²) in [6.07, 6.45) is 1.81. The highest BCUT2D eigenvalue weighted by Crippen LogP contribution is 2.22. The summed E-state index contributed by atoms with van der Waals surface area (Å²) in [5.41, 5.74) is 1.34. The number of nitrogens with zero attached hydrogens (tertiary/aromatic N) is 1. The number of halogens is 1. The topological polar surface area (TPSA) is 49.8 Å². The minimum absolute atomic E-state index is 0.0427. The van der Waals surface area contributed by atoms with E-state index in [9.17, 15) is 9.90 Å². The molecule has 1 aromatic carbocycles. The number of phenols is 1. The minimum atomic E-state index is -0.109. The first-order valence-electron chi connectivity index (χ1n) is 6.88. The second kappa shape index (κ2) is 6.95. The van der Waals surface area contributed by atoms with Crippen molar-refractivity contribution < 1.29 is 14.6 Å². The highest BCUT2D eigenvalue weighted by molar-refractivity contribution is 6.17. The summed E-state index contributed by atoms with van der Waals surface area (Å²) in [5, 5.41) is 9.82. The van der Waals surface area contributed by atoms with Gasteiger partial charge in [0.15, 0.2) is 0 Å². The second-order valence-electron chi connectivity index (χ2n) is 5.07. The minimum Gasteiger partial charge on any atom is -0.507 e. The number of hydrogen-bond acceptors (Lipinski definition) is 3. The van der Waals surface area contributed by atoms with Crippen LogP contribution < -0.4 is 0 Å². The molecule has 0 saturated carbocycles. The molecule has 2 rings (SSSR count). The molecule has 1 aliphatic heterocycles. The third-order valence-corrected chi connectivity index (χ3v) is 3.70. The van der Waals surface area contributed by atoms with E-state index in [1.807, 2.05) is 6.92 Å². The lowest BCUT2D eigenvalue weighted by Gasteiger charge is -2.32. The van der Waals surface area contributed by atoms with Gasteiger partial charge in [-0.15, -0.1) is 11.6 Å². The first kappa shape index (κ1) is 15.1. The van der Waals surface area contributed by atoms with Gasteiger partial charge >= 0.3 is 0 Å². The fraction of sp³-hybridized carbons (Fsp3) is 0.533. The fourth-order valence-electron chi connectivity index (χ4n) is 2.43. The van der Waals surface area contributed by atoms with Gasteiger partial charge in [0.05, 0.1) is 18.3 Å². The van der Waals surface area contributed by atoms with Crippen LogP contribution in [-0.2, 0) is 4.74 Å². The van der Waals surface area contributed by atoms with Gasteiger partial charge in [-0.25, -0.2) is 0 Å². The van der Waals surface area contributed by atoms with E-state index in [-0.39, 0.29) is 17.8 Å². The molecule has 0 atom stereocenters. The van der Waals surface area contributed by atoms with Gasteiger partial charge in [0.25, 0.3) is 5.91 Å². The number of aromatic hydroxyl groups is 1. The van der Waals surface area contributed by atoms with E-state index >= 15 is 0 Å². The molecule has 0 spiro atoms. The van der Waals surface area contributed by atoms with Gasteiger partial charge < -0.3 is 14.7 Å². The van der Waals surface area contributed by atoms with Gasteiger partial charge in [0, 0.05) is 19.0 Å². The SMILES string of the molecule is Cc1ccc(O)c(C(=O)N2CCC(OCCCl)CC2)c1. The van der Waals surface area contributed by atoms with Crippen LogP contribution in [0.5, 0.6) is 5.75 Å². The third-order valence-electron chi connectivity index (χ3n) is 3.54. The molecule has 1 fully saturated rings. The molecule has 0 radical (unpaired) electrons. The van der Waals surface area contributed by atoms with Crippen LogP contribution in [0.15, 0.2) is 18.2 Å². The van der Waals surface area contributed by atoms with E-state index in [1.165, 1.54) is 0 Å². The Morgan fingerprint density at radius 3 is 2.80 bits per heavy atom. The van der Waals surface area contributed by atoms with Gasteiger partial charge in [-0.2, -0.15) is 0 Å². The Labute approximate surface area is 124 Å². The normalized spacial score (nSPS) is 16.4. The summed E-state index contributed by atoms with van der Waals surface area (Å²) in [6.45, 7) is 3.76. The lowest BCUT2D eigenvalue weighted by Crippen LogP contribution is -2.41. The Kier molecular flexibility index (Phi) is 5.26. The molecule has 1 aliphatic rings. The van der Waals surface area contributed by atoms with Crippen molar-refractivity contribution in [2.24, 2.45) is 0 Å². The zero-order chi connectivity index (χ0) is 14.5. The predicted molar refractivity (Wildman–Crippen MR) is 78.4 cm³/mol. The van der Waals surface area contributed by atoms with E-state index in [4.69, 9.17) is 16.3 Å². The Hall–Kier alpha value is -1.26. The maximum absolute atomic E-state index is 12.4. The zero-order valence-corrected chi connectivity index (χ0v) is 12.4. The standard InChI is InChI=1S/C15H20ClNO3/c1-11-2-3-14(18)13(10-11)15(19)17-7-4-12(5-8-17)20-9-6-16/h2-3,10,12,18H,4-9H2,1H3. The number of hydrogen-bond donors (Lipinski definition) is 1. The lowest BCUT2D eigenvalue weighted by atomic mass is 10.0. The summed E-state index contributed by atoms with van der Waals surface area (Å²) in [5.74, 6) is 0.430. The maximum atomic E-state index is 12.4. The van der Waals surface area contributed by atoms with Crippen LogP contribution in [0.1, 0.15) is 28.8 Å². The molecule has 1 amide bonds. The first-order chi connectivity index (χ1) is 9.61. The van der Waals surface area contributed by atoms with Crippen LogP contribution in [0, 0.1) is 6.92 Å². The molecule has 110 valence electrons. The molecule has 0 aromatic heterocycles. The van der Waals surface area contributed by atoms with Crippen LogP contribution in [0.25, 0.3) is 0 Å². The zero-order valence-electron chi connectivity index (χ0n) is 11.6. The number of benzene rings is 1. The number of rotatable bonds is 4. The summed E-state index contributed by atoms with van der Waals surface area (Å²) < 4.78 is 5.59. The van der Waals surface area contributed by atoms with Crippen molar-refractivity contribution in [2.75, 3.05) is 25.6 Å². The molecule has 0 unspecified atom stereocenters. The Morgan fingerprint density at radius 1 is 1.45 bits per heavy atom. The molecule has 1 aromatic rings. The molecule has 0 bridgehead atoms. The van der Waals surface area contributed by atoms with Crippen molar-refractivity contribution in [1.29, 1.82) is 0 Å². The molecule has 20 heavy (non-hydrogen) atoms. The Morgan fingerprint density at radius 2 is 2.15 bits per heavy atom. The van der Waals surface area contributed by atoms with Crippen molar-refractivity contribution in [3.8, 4) is 5.75 Å². The quantitative estimate of drug-likeness (QED) is 0.869. The fourth-order valence-corrected chi connectivity index (χ4v) is 2.52. The number of carbonyl (C=O) groups is 1.